The Bertz CT molecular complexity index is 540. The van der Waals surface area contributed by atoms with Crippen molar-refractivity contribution in [3.05, 3.63) is 45.6 Å². The zero-order chi connectivity index (χ0) is 24.2. The van der Waals surface area contributed by atoms with E-state index in [0.29, 0.717) is 0 Å². The van der Waals surface area contributed by atoms with Crippen molar-refractivity contribution in [2.45, 2.75) is 158 Å². The summed E-state index contributed by atoms with van der Waals surface area (Å²) in [6, 6.07) is 0. The molecule has 0 rings (SSSR count). The molecule has 0 heterocycles. The minimum Gasteiger partial charge on any atom is -0.0810 e. The third-order valence-corrected chi connectivity index (χ3v) is 6.27. The van der Waals surface area contributed by atoms with Gasteiger partial charge in [0.2, 0.25) is 0 Å². The lowest BCUT2D eigenvalue weighted by Crippen LogP contribution is -2.06. The van der Waals surface area contributed by atoms with Crippen molar-refractivity contribution in [1.82, 2.24) is 0 Å². The van der Waals surface area contributed by atoms with Crippen molar-refractivity contribution in [1.29, 1.82) is 0 Å². The van der Waals surface area contributed by atoms with Gasteiger partial charge in [0, 0.05) is 0 Å². The summed E-state index contributed by atoms with van der Waals surface area (Å²) in [5.41, 5.74) is 10.2. The van der Waals surface area contributed by atoms with Crippen molar-refractivity contribution in [2.24, 2.45) is 0 Å². The summed E-state index contributed by atoms with van der Waals surface area (Å²) >= 11 is 0. The van der Waals surface area contributed by atoms with Gasteiger partial charge in [0.25, 0.3) is 0 Å². The predicted molar refractivity (Wildman–Crippen MR) is 149 cm³/mol. The maximum Gasteiger partial charge on any atom is -0.0276 e. The molecule has 0 aromatic carbocycles. The van der Waals surface area contributed by atoms with Crippen molar-refractivity contribution < 1.29 is 0 Å². The van der Waals surface area contributed by atoms with Crippen LogP contribution in [-0.4, -0.2) is 0 Å². The second-order valence-corrected chi connectivity index (χ2v) is 9.45. The van der Waals surface area contributed by atoms with E-state index in [1.165, 1.54) is 103 Å². The summed E-state index contributed by atoms with van der Waals surface area (Å²) in [6.07, 6.45) is 25.0. The average Bonchev–Trinajstić information content (AvgIpc) is 2.79. The van der Waals surface area contributed by atoms with Crippen LogP contribution >= 0.6 is 0 Å². The van der Waals surface area contributed by atoms with Crippen LogP contribution in [0.25, 0.3) is 0 Å². The molecule has 0 nitrogen and oxygen atoms in total. The Labute approximate surface area is 203 Å². The van der Waals surface area contributed by atoms with Crippen LogP contribution in [-0.2, 0) is 0 Å². The molecule has 0 atom stereocenters. The predicted octanol–water partition coefficient (Wildman–Crippen LogP) is 11.8. The third-order valence-electron chi connectivity index (χ3n) is 6.27. The van der Waals surface area contributed by atoms with Gasteiger partial charge in [-0.3, -0.25) is 0 Å². The van der Waals surface area contributed by atoms with E-state index >= 15 is 0 Å². The van der Waals surface area contributed by atoms with E-state index in [1.807, 2.05) is 0 Å². The second-order valence-electron chi connectivity index (χ2n) is 9.45. The summed E-state index contributed by atoms with van der Waals surface area (Å²) in [6.45, 7) is 18.8. The van der Waals surface area contributed by atoms with Crippen LogP contribution in [0.1, 0.15) is 158 Å². The molecular formula is C32H58. The fraction of sp³-hybridized carbons (Fsp3) is 0.750. The van der Waals surface area contributed by atoms with Gasteiger partial charge in [-0.1, -0.05) is 119 Å². The first-order valence-corrected chi connectivity index (χ1v) is 14.4. The summed E-state index contributed by atoms with van der Waals surface area (Å²) in [5, 5.41) is 0. The van der Waals surface area contributed by atoms with Gasteiger partial charge in [-0.05, 0) is 84.8 Å². The van der Waals surface area contributed by atoms with Gasteiger partial charge in [0.1, 0.15) is 0 Å². The van der Waals surface area contributed by atoms with Crippen LogP contribution in [0, 0.1) is 0 Å². The minimum atomic E-state index is 1.22. The van der Waals surface area contributed by atoms with E-state index in [0.717, 1.165) is 0 Å². The maximum absolute atomic E-state index is 2.59. The zero-order valence-corrected chi connectivity index (χ0v) is 23.5. The van der Waals surface area contributed by atoms with Gasteiger partial charge in [-0.25, -0.2) is 0 Å². The molecule has 0 unspecified atom stereocenters. The molecule has 0 spiro atoms. The molecule has 0 aromatic heterocycles. The fourth-order valence-electron chi connectivity index (χ4n) is 4.91. The van der Waals surface area contributed by atoms with Gasteiger partial charge in [0.05, 0.1) is 0 Å². The van der Waals surface area contributed by atoms with Crippen molar-refractivity contribution in [3.63, 3.8) is 0 Å². The molecule has 0 bridgehead atoms. The summed E-state index contributed by atoms with van der Waals surface area (Å²) < 4.78 is 0. The molecule has 0 aromatic rings. The summed E-state index contributed by atoms with van der Waals surface area (Å²) in [5.74, 6) is 0. The molecular weight excluding hydrogens is 384 g/mol. The topological polar surface area (TPSA) is 0 Å². The number of allylic oxidation sites excluding steroid dienone is 8. The smallest absolute Gasteiger partial charge is 0.0276 e. The van der Waals surface area contributed by atoms with Crippen LogP contribution < -0.4 is 0 Å². The highest BCUT2D eigenvalue weighted by Crippen LogP contribution is 2.38. The Morgan fingerprint density at radius 3 is 0.875 bits per heavy atom. The minimum absolute atomic E-state index is 1.22. The molecule has 0 aliphatic rings. The first kappa shape index (κ1) is 31.0. The largest absolute Gasteiger partial charge is 0.0810 e. The third kappa shape index (κ3) is 11.2. The van der Waals surface area contributed by atoms with Gasteiger partial charge in [-0.2, -0.15) is 0 Å². The Hall–Kier alpha value is -1.04. The van der Waals surface area contributed by atoms with Gasteiger partial charge in [0.15, 0.2) is 0 Å². The standard InChI is InChI=1S/C32H58/c1-9-17-25-27(19-11-3)29(21-13-5)31(23-15-7)32(24-16-8)30(22-14-6)28(20-12-4)26-18-10-2/h25-26H,9-24H2,1-8H3/b27-25+,28-26+,31-29+,32-30+. The van der Waals surface area contributed by atoms with Crippen LogP contribution in [0.3, 0.4) is 0 Å². The molecule has 0 radical (unpaired) electrons. The monoisotopic (exact) mass is 442 g/mol. The van der Waals surface area contributed by atoms with Gasteiger partial charge in [-0.15, -0.1) is 0 Å². The molecule has 0 heteroatoms. The molecule has 0 saturated heterocycles. The quantitative estimate of drug-likeness (QED) is 0.174. The normalized spacial score (nSPS) is 14.5. The molecule has 0 N–H and O–H groups in total. The SMILES string of the molecule is CCC/C=C(CCC)/C(CCC)=C(CCC)/C(CCC)=C(CCC)/C(=C/CCC)CCC. The van der Waals surface area contributed by atoms with E-state index in [2.05, 4.69) is 67.5 Å². The summed E-state index contributed by atoms with van der Waals surface area (Å²) in [4.78, 5) is 0. The molecule has 0 aliphatic heterocycles. The lowest BCUT2D eigenvalue weighted by molar-refractivity contribution is 0.768. The Balaban J connectivity index is 7.16. The van der Waals surface area contributed by atoms with E-state index in [4.69, 9.17) is 0 Å². The number of unbranched alkanes of at least 4 members (excludes halogenated alkanes) is 2. The molecule has 0 saturated carbocycles. The van der Waals surface area contributed by atoms with Crippen molar-refractivity contribution in [2.75, 3.05) is 0 Å². The Morgan fingerprint density at radius 2 is 0.625 bits per heavy atom. The van der Waals surface area contributed by atoms with Crippen molar-refractivity contribution in [3.8, 4) is 0 Å². The number of hydrogen-bond acceptors (Lipinski definition) is 0. The van der Waals surface area contributed by atoms with E-state index in [9.17, 15) is 0 Å². The second kappa shape index (κ2) is 20.6. The van der Waals surface area contributed by atoms with E-state index < -0.39 is 0 Å². The van der Waals surface area contributed by atoms with Crippen LogP contribution in [0.4, 0.5) is 0 Å². The molecule has 0 fully saturated rings. The van der Waals surface area contributed by atoms with E-state index in [-0.39, 0.29) is 0 Å². The fourth-order valence-corrected chi connectivity index (χ4v) is 4.91. The summed E-state index contributed by atoms with van der Waals surface area (Å²) in [7, 11) is 0. The molecule has 0 aliphatic carbocycles. The van der Waals surface area contributed by atoms with Crippen LogP contribution in [0.2, 0.25) is 0 Å². The molecule has 0 amide bonds. The highest BCUT2D eigenvalue weighted by atomic mass is 14.2. The van der Waals surface area contributed by atoms with Gasteiger partial charge < -0.3 is 0 Å². The Kier molecular flexibility index (Phi) is 19.9. The highest BCUT2D eigenvalue weighted by molar-refractivity contribution is 5.51. The van der Waals surface area contributed by atoms with Crippen molar-refractivity contribution >= 4 is 0 Å². The number of rotatable bonds is 19. The number of hydrogen-bond donors (Lipinski definition) is 0. The molecule has 186 valence electrons. The lowest BCUT2D eigenvalue weighted by Gasteiger charge is -2.25. The lowest BCUT2D eigenvalue weighted by atomic mass is 9.80. The zero-order valence-electron chi connectivity index (χ0n) is 23.5. The highest BCUT2D eigenvalue weighted by Gasteiger charge is 2.19. The van der Waals surface area contributed by atoms with Gasteiger partial charge >= 0.3 is 0 Å². The average molecular weight is 443 g/mol. The first-order chi connectivity index (χ1) is 15.6. The van der Waals surface area contributed by atoms with Crippen LogP contribution in [0.15, 0.2) is 45.6 Å². The first-order valence-electron chi connectivity index (χ1n) is 14.4. The molecule has 32 heavy (non-hydrogen) atoms. The maximum atomic E-state index is 2.59. The Morgan fingerprint density at radius 1 is 0.344 bits per heavy atom. The van der Waals surface area contributed by atoms with Crippen LogP contribution in [0.5, 0.6) is 0 Å². The van der Waals surface area contributed by atoms with E-state index in [1.54, 1.807) is 33.4 Å².